The van der Waals surface area contributed by atoms with E-state index in [1.807, 2.05) is 18.7 Å². The molecule has 0 radical (unpaired) electrons. The van der Waals surface area contributed by atoms with Crippen molar-refractivity contribution in [1.82, 2.24) is 14.9 Å². The van der Waals surface area contributed by atoms with Crippen LogP contribution in [-0.4, -0.2) is 58.1 Å². The van der Waals surface area contributed by atoms with Gasteiger partial charge < -0.3 is 15.1 Å². The number of hydrogen-bond acceptors (Lipinski definition) is 6. The number of thioether (sulfide) groups is 1. The second-order valence-corrected chi connectivity index (χ2v) is 8.21. The average molecular weight is 452 g/mol. The minimum absolute atomic E-state index is 0.0172. The summed E-state index contributed by atoms with van der Waals surface area (Å²) in [5.74, 6) is -0.0477. The van der Waals surface area contributed by atoms with E-state index in [0.29, 0.717) is 37.0 Å². The Hall–Kier alpha value is -2.39. The normalized spacial score (nSPS) is 16.5. The molecule has 3 rings (SSSR count). The summed E-state index contributed by atoms with van der Waals surface area (Å²) < 4.78 is 13.7. The fourth-order valence-corrected chi connectivity index (χ4v) is 4.11. The van der Waals surface area contributed by atoms with Gasteiger partial charge in [-0.2, -0.15) is 0 Å². The van der Waals surface area contributed by atoms with Crippen molar-refractivity contribution < 1.29 is 14.0 Å². The minimum Gasteiger partial charge on any atom is -0.353 e. The Bertz CT molecular complexity index is 932. The molecular formula is C20H23ClFN5O2S. The molecule has 1 aromatic carbocycles. The van der Waals surface area contributed by atoms with Gasteiger partial charge in [0.1, 0.15) is 16.8 Å². The Kier molecular flexibility index (Phi) is 7.49. The summed E-state index contributed by atoms with van der Waals surface area (Å²) in [6, 6.07) is 7.71. The number of carbonyl (C=O) groups excluding carboxylic acids is 2. The zero-order valence-electron chi connectivity index (χ0n) is 16.8. The summed E-state index contributed by atoms with van der Waals surface area (Å²) in [6.07, 6.45) is 0.486. The molecule has 1 aliphatic rings. The number of amides is 2. The van der Waals surface area contributed by atoms with Crippen LogP contribution in [0.2, 0.25) is 5.15 Å². The number of rotatable bonds is 6. The molecule has 1 atom stereocenters. The molecule has 1 aliphatic heterocycles. The first-order valence-electron chi connectivity index (χ1n) is 9.63. The Morgan fingerprint density at radius 1 is 1.30 bits per heavy atom. The third-order valence-electron chi connectivity index (χ3n) is 4.72. The second kappa shape index (κ2) is 10.1. The highest BCUT2D eigenvalue weighted by molar-refractivity contribution is 7.99. The fourth-order valence-electron chi connectivity index (χ4n) is 3.23. The van der Waals surface area contributed by atoms with Crippen LogP contribution in [0, 0.1) is 5.82 Å². The molecule has 2 amide bonds. The van der Waals surface area contributed by atoms with E-state index in [2.05, 4.69) is 20.2 Å². The van der Waals surface area contributed by atoms with E-state index in [-0.39, 0.29) is 34.4 Å². The third-order valence-corrected chi connectivity index (χ3v) is 5.76. The summed E-state index contributed by atoms with van der Waals surface area (Å²) in [5, 5.41) is 3.17. The SMILES string of the molecule is CCC(=O)N1CCN(c2cc(Cl)nc(SCC(=O)Nc3ccccc3F)n2)CC1C. The summed E-state index contributed by atoms with van der Waals surface area (Å²) in [6.45, 7) is 5.75. The predicted molar refractivity (Wildman–Crippen MR) is 116 cm³/mol. The molecule has 1 unspecified atom stereocenters. The van der Waals surface area contributed by atoms with Crippen molar-refractivity contribution >= 4 is 46.7 Å². The average Bonchev–Trinajstić information content (AvgIpc) is 2.73. The first kappa shape index (κ1) is 22.3. The zero-order valence-corrected chi connectivity index (χ0v) is 18.3. The van der Waals surface area contributed by atoms with Crippen molar-refractivity contribution in [1.29, 1.82) is 0 Å². The van der Waals surface area contributed by atoms with Crippen molar-refractivity contribution in [3.05, 3.63) is 41.3 Å². The van der Waals surface area contributed by atoms with E-state index < -0.39 is 5.82 Å². The Balaban J connectivity index is 1.62. The molecule has 0 spiro atoms. The highest BCUT2D eigenvalue weighted by Gasteiger charge is 2.27. The summed E-state index contributed by atoms with van der Waals surface area (Å²) in [5.41, 5.74) is 0.129. The number of para-hydroxylation sites is 1. The van der Waals surface area contributed by atoms with E-state index in [1.54, 1.807) is 18.2 Å². The van der Waals surface area contributed by atoms with Crippen LogP contribution in [0.25, 0.3) is 0 Å². The van der Waals surface area contributed by atoms with Crippen molar-refractivity contribution in [2.24, 2.45) is 0 Å². The predicted octanol–water partition coefficient (Wildman–Crippen LogP) is 3.45. The maximum Gasteiger partial charge on any atom is 0.234 e. The van der Waals surface area contributed by atoms with Crippen molar-refractivity contribution in [2.75, 3.05) is 35.6 Å². The van der Waals surface area contributed by atoms with Gasteiger partial charge in [-0.25, -0.2) is 14.4 Å². The number of nitrogens with zero attached hydrogens (tertiary/aromatic N) is 4. The number of piperazine rings is 1. The topological polar surface area (TPSA) is 78.4 Å². The van der Waals surface area contributed by atoms with Crippen LogP contribution in [0.3, 0.4) is 0 Å². The van der Waals surface area contributed by atoms with E-state index in [9.17, 15) is 14.0 Å². The highest BCUT2D eigenvalue weighted by Crippen LogP contribution is 2.24. The van der Waals surface area contributed by atoms with Crippen molar-refractivity contribution in [3.63, 3.8) is 0 Å². The molecule has 1 aromatic heterocycles. The monoisotopic (exact) mass is 451 g/mol. The van der Waals surface area contributed by atoms with Gasteiger partial charge in [-0.15, -0.1) is 0 Å². The van der Waals surface area contributed by atoms with Crippen LogP contribution in [-0.2, 0) is 9.59 Å². The maximum atomic E-state index is 13.7. The molecular weight excluding hydrogens is 429 g/mol. The maximum absolute atomic E-state index is 13.7. The molecule has 10 heteroatoms. The van der Waals surface area contributed by atoms with E-state index >= 15 is 0 Å². The molecule has 0 bridgehead atoms. The van der Waals surface area contributed by atoms with Crippen LogP contribution < -0.4 is 10.2 Å². The molecule has 1 fully saturated rings. The number of nitrogens with one attached hydrogen (secondary N) is 1. The van der Waals surface area contributed by atoms with E-state index in [0.717, 1.165) is 11.8 Å². The van der Waals surface area contributed by atoms with Gasteiger partial charge in [-0.1, -0.05) is 42.4 Å². The molecule has 160 valence electrons. The van der Waals surface area contributed by atoms with Gasteiger partial charge in [0.2, 0.25) is 11.8 Å². The number of aromatic nitrogens is 2. The van der Waals surface area contributed by atoms with E-state index in [4.69, 9.17) is 11.6 Å². The number of hydrogen-bond donors (Lipinski definition) is 1. The van der Waals surface area contributed by atoms with Crippen LogP contribution in [0.4, 0.5) is 15.9 Å². The Morgan fingerprint density at radius 2 is 2.07 bits per heavy atom. The van der Waals surface area contributed by atoms with Gasteiger partial charge in [0, 0.05) is 38.2 Å². The third kappa shape index (κ3) is 5.60. The highest BCUT2D eigenvalue weighted by atomic mass is 35.5. The molecule has 1 saturated heterocycles. The van der Waals surface area contributed by atoms with E-state index in [1.165, 1.54) is 12.1 Å². The van der Waals surface area contributed by atoms with Gasteiger partial charge in [-0.05, 0) is 19.1 Å². The number of halogens is 2. The largest absolute Gasteiger partial charge is 0.353 e. The number of anilines is 2. The van der Waals surface area contributed by atoms with Crippen LogP contribution in [0.15, 0.2) is 35.5 Å². The summed E-state index contributed by atoms with van der Waals surface area (Å²) in [4.78, 5) is 36.8. The molecule has 1 N–H and O–H groups in total. The molecule has 7 nitrogen and oxygen atoms in total. The molecule has 0 aliphatic carbocycles. The van der Waals surface area contributed by atoms with Gasteiger partial charge in [0.15, 0.2) is 5.16 Å². The van der Waals surface area contributed by atoms with Gasteiger partial charge in [0.05, 0.1) is 11.4 Å². The lowest BCUT2D eigenvalue weighted by Gasteiger charge is -2.40. The minimum atomic E-state index is -0.494. The smallest absolute Gasteiger partial charge is 0.234 e. The van der Waals surface area contributed by atoms with Gasteiger partial charge >= 0.3 is 0 Å². The van der Waals surface area contributed by atoms with Crippen molar-refractivity contribution in [2.45, 2.75) is 31.5 Å². The Labute approximate surface area is 184 Å². The van der Waals surface area contributed by atoms with Gasteiger partial charge in [-0.3, -0.25) is 9.59 Å². The fraction of sp³-hybridized carbons (Fsp3) is 0.400. The lowest BCUT2D eigenvalue weighted by atomic mass is 10.1. The Morgan fingerprint density at radius 3 is 2.77 bits per heavy atom. The second-order valence-electron chi connectivity index (χ2n) is 6.88. The lowest BCUT2D eigenvalue weighted by Crippen LogP contribution is -2.54. The van der Waals surface area contributed by atoms with Crippen LogP contribution in [0.1, 0.15) is 20.3 Å². The standard InChI is InChI=1S/C20H23ClFN5O2S/c1-3-19(29)27-9-8-26(11-13(27)2)17-10-16(21)24-20(25-17)30-12-18(28)23-15-7-5-4-6-14(15)22/h4-7,10,13H,3,8-9,11-12H2,1-2H3,(H,23,28). The zero-order chi connectivity index (χ0) is 21.7. The van der Waals surface area contributed by atoms with Gasteiger partial charge in [0.25, 0.3) is 0 Å². The molecule has 30 heavy (non-hydrogen) atoms. The first-order chi connectivity index (χ1) is 14.4. The summed E-state index contributed by atoms with van der Waals surface area (Å²) >= 11 is 7.29. The quantitative estimate of drug-likeness (QED) is 0.411. The lowest BCUT2D eigenvalue weighted by molar-refractivity contribution is -0.133. The number of carbonyl (C=O) groups is 2. The molecule has 0 saturated carbocycles. The molecule has 2 heterocycles. The summed E-state index contributed by atoms with van der Waals surface area (Å²) in [7, 11) is 0. The first-order valence-corrected chi connectivity index (χ1v) is 11.0. The van der Waals surface area contributed by atoms with Crippen LogP contribution in [0.5, 0.6) is 0 Å². The molecule has 2 aromatic rings. The van der Waals surface area contributed by atoms with Crippen molar-refractivity contribution in [3.8, 4) is 0 Å². The van der Waals surface area contributed by atoms with Crippen LogP contribution >= 0.6 is 23.4 Å². The number of benzene rings is 1.